The van der Waals surface area contributed by atoms with E-state index in [1.54, 1.807) is 0 Å². The SMILES string of the molecule is CCC(CCC(=O)O)NC(=O)CC(NC(=O)OCC1c2ccccc2-c2ccccc21)C(C)(C)C. The Balaban J connectivity index is 1.60. The van der Waals surface area contributed by atoms with E-state index in [0.717, 1.165) is 22.3 Å². The van der Waals surface area contributed by atoms with Gasteiger partial charge in [-0.2, -0.15) is 0 Å². The summed E-state index contributed by atoms with van der Waals surface area (Å²) in [6.07, 6.45) is 0.533. The summed E-state index contributed by atoms with van der Waals surface area (Å²) in [7, 11) is 0. The van der Waals surface area contributed by atoms with Crippen LogP contribution >= 0.6 is 0 Å². The second-order valence-corrected chi connectivity index (χ2v) is 10.2. The van der Waals surface area contributed by atoms with E-state index in [0.29, 0.717) is 12.8 Å². The molecule has 1 aliphatic carbocycles. The quantitative estimate of drug-likeness (QED) is 0.439. The van der Waals surface area contributed by atoms with Crippen LogP contribution in [0.15, 0.2) is 48.5 Å². The number of fused-ring (bicyclic) bond motifs is 3. The van der Waals surface area contributed by atoms with Crippen molar-refractivity contribution in [1.29, 1.82) is 0 Å². The molecule has 0 fully saturated rings. The molecule has 0 radical (unpaired) electrons. The highest BCUT2D eigenvalue weighted by molar-refractivity contribution is 5.80. The van der Waals surface area contributed by atoms with Gasteiger partial charge in [-0.05, 0) is 40.5 Å². The molecule has 7 heteroatoms. The van der Waals surface area contributed by atoms with Gasteiger partial charge in [-0.15, -0.1) is 0 Å². The number of aliphatic carboxylic acids is 1. The zero-order valence-corrected chi connectivity index (χ0v) is 21.0. The van der Waals surface area contributed by atoms with Crippen LogP contribution in [-0.4, -0.2) is 41.8 Å². The van der Waals surface area contributed by atoms with Crippen LogP contribution in [0.5, 0.6) is 0 Å². The molecule has 0 aromatic heterocycles. The van der Waals surface area contributed by atoms with E-state index in [1.165, 1.54) is 0 Å². The Morgan fingerprint density at radius 2 is 1.54 bits per heavy atom. The minimum atomic E-state index is -0.887. The smallest absolute Gasteiger partial charge is 0.407 e. The maximum absolute atomic E-state index is 12.8. The van der Waals surface area contributed by atoms with Gasteiger partial charge in [-0.1, -0.05) is 76.2 Å². The predicted molar refractivity (Wildman–Crippen MR) is 135 cm³/mol. The molecule has 7 nitrogen and oxygen atoms in total. The molecule has 2 aromatic rings. The van der Waals surface area contributed by atoms with E-state index >= 15 is 0 Å². The molecule has 2 unspecified atom stereocenters. The molecule has 188 valence electrons. The van der Waals surface area contributed by atoms with Crippen molar-refractivity contribution in [2.24, 2.45) is 5.41 Å². The first kappa shape index (κ1) is 26.3. The summed E-state index contributed by atoms with van der Waals surface area (Å²) in [4.78, 5) is 36.3. The fourth-order valence-corrected chi connectivity index (χ4v) is 4.50. The van der Waals surface area contributed by atoms with Gasteiger partial charge in [0.1, 0.15) is 6.61 Å². The Morgan fingerprint density at radius 3 is 2.06 bits per heavy atom. The van der Waals surface area contributed by atoms with E-state index in [9.17, 15) is 14.4 Å². The first-order valence-corrected chi connectivity index (χ1v) is 12.2. The van der Waals surface area contributed by atoms with Gasteiger partial charge in [0.05, 0.1) is 0 Å². The molecule has 3 N–H and O–H groups in total. The zero-order chi connectivity index (χ0) is 25.6. The lowest BCUT2D eigenvalue weighted by Gasteiger charge is -2.31. The molecule has 0 heterocycles. The predicted octanol–water partition coefficient (Wildman–Crippen LogP) is 5.09. The number of carbonyl (C=O) groups is 3. The first-order valence-electron chi connectivity index (χ1n) is 12.2. The summed E-state index contributed by atoms with van der Waals surface area (Å²) in [5.41, 5.74) is 4.22. The van der Waals surface area contributed by atoms with Crippen molar-refractivity contribution in [2.45, 2.75) is 71.4 Å². The Kier molecular flexibility index (Phi) is 8.54. The van der Waals surface area contributed by atoms with Crippen LogP contribution in [-0.2, 0) is 14.3 Å². The summed E-state index contributed by atoms with van der Waals surface area (Å²) >= 11 is 0. The molecule has 0 saturated heterocycles. The monoisotopic (exact) mass is 480 g/mol. The normalized spacial score (nSPS) is 14.4. The van der Waals surface area contributed by atoms with Crippen molar-refractivity contribution in [3.05, 3.63) is 59.7 Å². The average Bonchev–Trinajstić information content (AvgIpc) is 3.13. The molecule has 3 rings (SSSR count). The Hall–Kier alpha value is -3.35. The lowest BCUT2D eigenvalue weighted by atomic mass is 9.84. The summed E-state index contributed by atoms with van der Waals surface area (Å²) in [5.74, 6) is -1.15. The molecule has 2 aromatic carbocycles. The number of nitrogens with one attached hydrogen (secondary N) is 2. The number of rotatable bonds is 10. The average molecular weight is 481 g/mol. The lowest BCUT2D eigenvalue weighted by Crippen LogP contribution is -2.48. The Labute approximate surface area is 207 Å². The van der Waals surface area contributed by atoms with Gasteiger partial charge in [-0.3, -0.25) is 9.59 Å². The first-order chi connectivity index (χ1) is 16.6. The molecule has 1 aliphatic rings. The molecular formula is C28H36N2O5. The van der Waals surface area contributed by atoms with Gasteiger partial charge in [0.15, 0.2) is 0 Å². The van der Waals surface area contributed by atoms with Crippen LogP contribution in [0.4, 0.5) is 4.79 Å². The number of benzene rings is 2. The fourth-order valence-electron chi connectivity index (χ4n) is 4.50. The topological polar surface area (TPSA) is 105 Å². The van der Waals surface area contributed by atoms with Crippen molar-refractivity contribution in [2.75, 3.05) is 6.61 Å². The van der Waals surface area contributed by atoms with Crippen molar-refractivity contribution < 1.29 is 24.2 Å². The number of amides is 2. The van der Waals surface area contributed by atoms with Crippen LogP contribution in [0, 0.1) is 5.41 Å². The van der Waals surface area contributed by atoms with Gasteiger partial charge in [-0.25, -0.2) is 4.79 Å². The summed E-state index contributed by atoms with van der Waals surface area (Å²) in [5, 5.41) is 14.7. The molecular weight excluding hydrogens is 444 g/mol. The maximum atomic E-state index is 12.8. The van der Waals surface area contributed by atoms with Crippen LogP contribution in [0.1, 0.15) is 70.4 Å². The standard InChI is InChI=1S/C28H36N2O5/c1-5-18(14-15-26(32)33)29-25(31)16-24(28(2,3)4)30-27(34)35-17-23-21-12-8-6-10-19(21)20-11-7-9-13-22(20)23/h6-13,18,23-24H,5,14-17H2,1-4H3,(H,29,31)(H,30,34)(H,32,33). The fraction of sp³-hybridized carbons (Fsp3) is 0.464. The van der Waals surface area contributed by atoms with Gasteiger partial charge in [0.25, 0.3) is 0 Å². The van der Waals surface area contributed by atoms with E-state index in [4.69, 9.17) is 9.84 Å². The number of hydrogen-bond donors (Lipinski definition) is 3. The molecule has 2 amide bonds. The molecule has 0 saturated carbocycles. The highest BCUT2D eigenvalue weighted by Crippen LogP contribution is 2.44. The number of alkyl carbamates (subject to hydrolysis) is 1. The second kappa shape index (κ2) is 11.4. The third kappa shape index (κ3) is 6.84. The third-order valence-electron chi connectivity index (χ3n) is 6.64. The van der Waals surface area contributed by atoms with E-state index in [1.807, 2.05) is 52.0 Å². The van der Waals surface area contributed by atoms with Crippen molar-refractivity contribution in [1.82, 2.24) is 10.6 Å². The molecule has 35 heavy (non-hydrogen) atoms. The van der Waals surface area contributed by atoms with E-state index < -0.39 is 18.1 Å². The second-order valence-electron chi connectivity index (χ2n) is 10.2. The lowest BCUT2D eigenvalue weighted by molar-refractivity contribution is -0.137. The molecule has 0 bridgehead atoms. The highest BCUT2D eigenvalue weighted by Gasteiger charge is 2.32. The largest absolute Gasteiger partial charge is 0.481 e. The van der Waals surface area contributed by atoms with Crippen molar-refractivity contribution in [3.8, 4) is 11.1 Å². The van der Waals surface area contributed by atoms with Gasteiger partial charge in [0.2, 0.25) is 5.91 Å². The Bertz CT molecular complexity index is 1010. The van der Waals surface area contributed by atoms with Crippen LogP contribution in [0.2, 0.25) is 0 Å². The molecule has 0 aliphatic heterocycles. The number of carboxylic acid groups (broad SMARTS) is 1. The minimum Gasteiger partial charge on any atom is -0.481 e. The van der Waals surface area contributed by atoms with Crippen LogP contribution in [0.3, 0.4) is 0 Å². The van der Waals surface area contributed by atoms with Gasteiger partial charge >= 0.3 is 12.1 Å². The highest BCUT2D eigenvalue weighted by atomic mass is 16.5. The number of carboxylic acids is 1. The summed E-state index contributed by atoms with van der Waals surface area (Å²) in [6.45, 7) is 7.97. The van der Waals surface area contributed by atoms with Gasteiger partial charge in [0, 0.05) is 30.8 Å². The van der Waals surface area contributed by atoms with E-state index in [-0.39, 0.29) is 42.7 Å². The van der Waals surface area contributed by atoms with Gasteiger partial charge < -0.3 is 20.5 Å². The maximum Gasteiger partial charge on any atom is 0.407 e. The summed E-state index contributed by atoms with van der Waals surface area (Å²) in [6, 6.07) is 15.6. The van der Waals surface area contributed by atoms with E-state index in [2.05, 4.69) is 34.9 Å². The number of carbonyl (C=O) groups excluding carboxylic acids is 2. The number of hydrogen-bond acceptors (Lipinski definition) is 4. The zero-order valence-electron chi connectivity index (χ0n) is 21.0. The minimum absolute atomic E-state index is 0.000510. The summed E-state index contributed by atoms with van der Waals surface area (Å²) < 4.78 is 5.67. The van der Waals surface area contributed by atoms with Crippen molar-refractivity contribution >= 4 is 18.0 Å². The van der Waals surface area contributed by atoms with Crippen LogP contribution < -0.4 is 10.6 Å². The number of ether oxygens (including phenoxy) is 1. The molecule has 0 spiro atoms. The molecule has 2 atom stereocenters. The van der Waals surface area contributed by atoms with Crippen LogP contribution in [0.25, 0.3) is 11.1 Å². The van der Waals surface area contributed by atoms with Crippen molar-refractivity contribution in [3.63, 3.8) is 0 Å². The Morgan fingerprint density at radius 1 is 0.971 bits per heavy atom. The third-order valence-corrected chi connectivity index (χ3v) is 6.64.